The second-order valence-electron chi connectivity index (χ2n) is 6.02. The van der Waals surface area contributed by atoms with Gasteiger partial charge >= 0.3 is 6.03 Å². The Balaban J connectivity index is 1.56. The molecule has 3 rings (SSSR count). The van der Waals surface area contributed by atoms with Crippen LogP contribution < -0.4 is 15.4 Å². The molecule has 0 aliphatic carbocycles. The zero-order chi connectivity index (χ0) is 18.4. The molecule has 2 aromatic carbocycles. The van der Waals surface area contributed by atoms with E-state index in [1.54, 1.807) is 12.3 Å². The number of aryl methyl sites for hydroxylation is 2. The molecule has 5 nitrogen and oxygen atoms in total. The van der Waals surface area contributed by atoms with Crippen molar-refractivity contribution >= 4 is 11.7 Å². The number of hydrogen-bond donors (Lipinski definition) is 2. The molecule has 0 atom stereocenters. The van der Waals surface area contributed by atoms with Crippen LogP contribution in [0.3, 0.4) is 0 Å². The summed E-state index contributed by atoms with van der Waals surface area (Å²) in [6, 6.07) is 18.6. The Hall–Kier alpha value is -3.34. The fraction of sp³-hybridized carbons (Fsp3) is 0.143. The lowest BCUT2D eigenvalue weighted by Crippen LogP contribution is -2.28. The second-order valence-corrected chi connectivity index (χ2v) is 6.02. The van der Waals surface area contributed by atoms with Gasteiger partial charge in [0.05, 0.1) is 0 Å². The monoisotopic (exact) mass is 347 g/mol. The number of urea groups is 1. The molecular weight excluding hydrogens is 326 g/mol. The molecule has 0 unspecified atom stereocenters. The highest BCUT2D eigenvalue weighted by atomic mass is 16.5. The van der Waals surface area contributed by atoms with Crippen LogP contribution in [-0.2, 0) is 6.54 Å². The third-order valence-corrected chi connectivity index (χ3v) is 3.98. The standard InChI is InChI=1S/C21H21N3O2/c1-15-9-10-18(12-16(15)2)24-21(25)23-14-17-6-5-7-19(13-17)26-20-8-3-4-11-22-20/h3-13H,14H2,1-2H3,(H2,23,24,25). The summed E-state index contributed by atoms with van der Waals surface area (Å²) >= 11 is 0. The summed E-state index contributed by atoms with van der Waals surface area (Å²) in [6.45, 7) is 4.46. The number of pyridine rings is 1. The first-order chi connectivity index (χ1) is 12.6. The lowest BCUT2D eigenvalue weighted by Gasteiger charge is -2.10. The molecule has 0 spiro atoms. The third kappa shape index (κ3) is 4.83. The summed E-state index contributed by atoms with van der Waals surface area (Å²) in [5.41, 5.74) is 4.05. The van der Waals surface area contributed by atoms with Gasteiger partial charge in [0.1, 0.15) is 5.75 Å². The van der Waals surface area contributed by atoms with E-state index in [0.29, 0.717) is 18.2 Å². The van der Waals surface area contributed by atoms with Crippen LogP contribution >= 0.6 is 0 Å². The van der Waals surface area contributed by atoms with Gasteiger partial charge in [-0.05, 0) is 60.9 Å². The number of rotatable bonds is 5. The Labute approximate surface area is 153 Å². The maximum Gasteiger partial charge on any atom is 0.319 e. The summed E-state index contributed by atoms with van der Waals surface area (Å²) in [5.74, 6) is 1.21. The summed E-state index contributed by atoms with van der Waals surface area (Å²) in [5, 5.41) is 5.69. The van der Waals surface area contributed by atoms with Crippen LogP contribution in [0.5, 0.6) is 11.6 Å². The number of nitrogens with one attached hydrogen (secondary N) is 2. The SMILES string of the molecule is Cc1ccc(NC(=O)NCc2cccc(Oc3ccccn3)c2)cc1C. The van der Waals surface area contributed by atoms with E-state index in [4.69, 9.17) is 4.74 Å². The van der Waals surface area contributed by atoms with E-state index in [1.807, 2.05) is 68.4 Å². The molecule has 26 heavy (non-hydrogen) atoms. The van der Waals surface area contributed by atoms with Crippen molar-refractivity contribution in [1.29, 1.82) is 0 Å². The van der Waals surface area contributed by atoms with Crippen LogP contribution in [-0.4, -0.2) is 11.0 Å². The average molecular weight is 347 g/mol. The van der Waals surface area contributed by atoms with Gasteiger partial charge in [-0.2, -0.15) is 0 Å². The van der Waals surface area contributed by atoms with Crippen LogP contribution in [0, 0.1) is 13.8 Å². The zero-order valence-corrected chi connectivity index (χ0v) is 14.8. The van der Waals surface area contributed by atoms with Crippen molar-refractivity contribution in [3.05, 3.63) is 83.6 Å². The molecule has 1 aromatic heterocycles. The van der Waals surface area contributed by atoms with Crippen LogP contribution in [0.2, 0.25) is 0 Å². The molecule has 0 saturated heterocycles. The first kappa shape index (κ1) is 17.5. The summed E-state index contributed by atoms with van der Waals surface area (Å²) in [7, 11) is 0. The number of carbonyl (C=O) groups is 1. The van der Waals surface area contributed by atoms with Crippen molar-refractivity contribution in [2.24, 2.45) is 0 Å². The van der Waals surface area contributed by atoms with Gasteiger partial charge < -0.3 is 15.4 Å². The first-order valence-corrected chi connectivity index (χ1v) is 8.40. The second kappa shape index (κ2) is 8.16. The topological polar surface area (TPSA) is 63.2 Å². The molecular formula is C21H21N3O2. The number of hydrogen-bond acceptors (Lipinski definition) is 3. The third-order valence-electron chi connectivity index (χ3n) is 3.98. The minimum absolute atomic E-state index is 0.246. The van der Waals surface area contributed by atoms with E-state index < -0.39 is 0 Å². The molecule has 0 radical (unpaired) electrons. The van der Waals surface area contributed by atoms with Gasteiger partial charge in [0.25, 0.3) is 0 Å². The van der Waals surface area contributed by atoms with Gasteiger partial charge in [-0.25, -0.2) is 9.78 Å². The van der Waals surface area contributed by atoms with Gasteiger partial charge in [0.2, 0.25) is 5.88 Å². The number of ether oxygens (including phenoxy) is 1. The maximum absolute atomic E-state index is 12.1. The van der Waals surface area contributed by atoms with E-state index in [1.165, 1.54) is 5.56 Å². The normalized spacial score (nSPS) is 10.2. The molecule has 0 saturated carbocycles. The van der Waals surface area contributed by atoms with Crippen molar-refractivity contribution in [2.45, 2.75) is 20.4 Å². The minimum Gasteiger partial charge on any atom is -0.439 e. The van der Waals surface area contributed by atoms with Crippen LogP contribution in [0.15, 0.2) is 66.9 Å². The molecule has 5 heteroatoms. The lowest BCUT2D eigenvalue weighted by molar-refractivity contribution is 0.251. The smallest absolute Gasteiger partial charge is 0.319 e. The summed E-state index contributed by atoms with van der Waals surface area (Å²) in [4.78, 5) is 16.2. The van der Waals surface area contributed by atoms with E-state index in [2.05, 4.69) is 15.6 Å². The van der Waals surface area contributed by atoms with E-state index >= 15 is 0 Å². The molecule has 0 fully saturated rings. The number of carbonyl (C=O) groups excluding carboxylic acids is 1. The molecule has 2 N–H and O–H groups in total. The lowest BCUT2D eigenvalue weighted by atomic mass is 10.1. The fourth-order valence-corrected chi connectivity index (χ4v) is 2.42. The predicted octanol–water partition coefficient (Wildman–Crippen LogP) is 4.81. The Bertz CT molecular complexity index is 895. The number of amides is 2. The Morgan fingerprint density at radius 3 is 2.65 bits per heavy atom. The molecule has 0 bridgehead atoms. The largest absolute Gasteiger partial charge is 0.439 e. The molecule has 132 valence electrons. The maximum atomic E-state index is 12.1. The van der Waals surface area contributed by atoms with Crippen molar-refractivity contribution in [3.63, 3.8) is 0 Å². The van der Waals surface area contributed by atoms with Gasteiger partial charge in [0.15, 0.2) is 0 Å². The van der Waals surface area contributed by atoms with Crippen molar-refractivity contribution < 1.29 is 9.53 Å². The highest BCUT2D eigenvalue weighted by Crippen LogP contribution is 2.20. The molecule has 2 amide bonds. The molecule has 1 heterocycles. The Kier molecular flexibility index (Phi) is 5.49. The van der Waals surface area contributed by atoms with Gasteiger partial charge in [-0.1, -0.05) is 24.3 Å². The zero-order valence-electron chi connectivity index (χ0n) is 14.8. The van der Waals surface area contributed by atoms with Crippen LogP contribution in [0.4, 0.5) is 10.5 Å². The van der Waals surface area contributed by atoms with Gasteiger partial charge in [-0.3, -0.25) is 0 Å². The van der Waals surface area contributed by atoms with E-state index in [-0.39, 0.29) is 6.03 Å². The molecule has 0 aliphatic heterocycles. The van der Waals surface area contributed by atoms with Crippen LogP contribution in [0.1, 0.15) is 16.7 Å². The van der Waals surface area contributed by atoms with Gasteiger partial charge in [0, 0.05) is 24.5 Å². The number of nitrogens with zero attached hydrogens (tertiary/aromatic N) is 1. The minimum atomic E-state index is -0.246. The molecule has 0 aliphatic rings. The van der Waals surface area contributed by atoms with E-state index in [9.17, 15) is 4.79 Å². The highest BCUT2D eigenvalue weighted by molar-refractivity contribution is 5.89. The fourth-order valence-electron chi connectivity index (χ4n) is 2.42. The number of anilines is 1. The van der Waals surface area contributed by atoms with Gasteiger partial charge in [-0.15, -0.1) is 0 Å². The van der Waals surface area contributed by atoms with Crippen molar-refractivity contribution in [2.75, 3.05) is 5.32 Å². The van der Waals surface area contributed by atoms with Crippen LogP contribution in [0.25, 0.3) is 0 Å². The quantitative estimate of drug-likeness (QED) is 0.696. The Morgan fingerprint density at radius 1 is 1.00 bits per heavy atom. The summed E-state index contributed by atoms with van der Waals surface area (Å²) < 4.78 is 5.71. The average Bonchev–Trinajstić information content (AvgIpc) is 2.64. The predicted molar refractivity (Wildman–Crippen MR) is 103 cm³/mol. The number of benzene rings is 2. The van der Waals surface area contributed by atoms with Crippen molar-refractivity contribution in [3.8, 4) is 11.6 Å². The highest BCUT2D eigenvalue weighted by Gasteiger charge is 2.04. The number of aromatic nitrogens is 1. The summed E-state index contributed by atoms with van der Waals surface area (Å²) in [6.07, 6.45) is 1.68. The first-order valence-electron chi connectivity index (χ1n) is 8.40. The van der Waals surface area contributed by atoms with E-state index in [0.717, 1.165) is 16.8 Å². The Morgan fingerprint density at radius 2 is 1.88 bits per heavy atom. The van der Waals surface area contributed by atoms with Crippen molar-refractivity contribution in [1.82, 2.24) is 10.3 Å². The molecule has 3 aromatic rings.